The normalized spacial score (nSPS) is 24.6. The summed E-state index contributed by atoms with van der Waals surface area (Å²) in [6, 6.07) is 5.12. The minimum Gasteiger partial charge on any atom is -0.409 e. The zero-order valence-corrected chi connectivity index (χ0v) is 11.3. The molecule has 0 aromatic heterocycles. The highest BCUT2D eigenvalue weighted by atomic mass is 19.1. The van der Waals surface area contributed by atoms with E-state index in [1.807, 2.05) is 6.07 Å². The molecule has 0 saturated carbocycles. The summed E-state index contributed by atoms with van der Waals surface area (Å²) in [7, 11) is 0. The van der Waals surface area contributed by atoms with E-state index in [0.29, 0.717) is 17.6 Å². The zero-order valence-electron chi connectivity index (χ0n) is 11.3. The van der Waals surface area contributed by atoms with Gasteiger partial charge in [0.2, 0.25) is 0 Å². The molecule has 2 atom stereocenters. The van der Waals surface area contributed by atoms with Crippen molar-refractivity contribution in [1.82, 2.24) is 0 Å². The Labute approximate surface area is 112 Å². The van der Waals surface area contributed by atoms with Crippen molar-refractivity contribution in [2.45, 2.75) is 32.7 Å². The van der Waals surface area contributed by atoms with E-state index in [9.17, 15) is 4.39 Å². The van der Waals surface area contributed by atoms with Gasteiger partial charge in [0.05, 0.1) is 11.3 Å². The molecule has 0 radical (unpaired) electrons. The van der Waals surface area contributed by atoms with Crippen LogP contribution in [0.2, 0.25) is 0 Å². The number of nitrogens with two attached hydrogens (primary N) is 1. The molecule has 104 valence electrons. The van der Waals surface area contributed by atoms with Crippen molar-refractivity contribution in [3.63, 3.8) is 0 Å². The highest BCUT2D eigenvalue weighted by molar-refractivity contribution is 6.02. The maximum atomic E-state index is 13.9. The molecule has 5 heteroatoms. The van der Waals surface area contributed by atoms with Gasteiger partial charge in [0, 0.05) is 12.6 Å². The molecule has 0 aliphatic carbocycles. The minimum atomic E-state index is -0.460. The molecule has 0 amide bonds. The fourth-order valence-electron chi connectivity index (χ4n) is 2.82. The first-order chi connectivity index (χ1) is 9.04. The summed E-state index contributed by atoms with van der Waals surface area (Å²) < 4.78 is 13.9. The van der Waals surface area contributed by atoms with Crippen molar-refractivity contribution in [3.8, 4) is 0 Å². The average Bonchev–Trinajstić information content (AvgIpc) is 2.37. The van der Waals surface area contributed by atoms with Gasteiger partial charge in [-0.2, -0.15) is 0 Å². The molecule has 1 aromatic carbocycles. The van der Waals surface area contributed by atoms with Crippen molar-refractivity contribution in [2.75, 3.05) is 11.4 Å². The van der Waals surface area contributed by atoms with Gasteiger partial charge in [0.15, 0.2) is 5.84 Å². The third-order valence-corrected chi connectivity index (χ3v) is 3.80. The summed E-state index contributed by atoms with van der Waals surface area (Å²) >= 11 is 0. The quantitative estimate of drug-likeness (QED) is 0.374. The van der Waals surface area contributed by atoms with Crippen LogP contribution in [0.5, 0.6) is 0 Å². The number of rotatable bonds is 2. The molecule has 3 N–H and O–H groups in total. The first-order valence-electron chi connectivity index (χ1n) is 6.57. The van der Waals surface area contributed by atoms with Crippen LogP contribution in [-0.2, 0) is 0 Å². The predicted molar refractivity (Wildman–Crippen MR) is 74.1 cm³/mol. The summed E-state index contributed by atoms with van der Waals surface area (Å²) in [6.45, 7) is 5.21. The summed E-state index contributed by atoms with van der Waals surface area (Å²) in [6.07, 6.45) is 2.13. The Bertz CT molecular complexity index is 490. The van der Waals surface area contributed by atoms with Crippen molar-refractivity contribution in [3.05, 3.63) is 29.6 Å². The third kappa shape index (κ3) is 2.64. The summed E-state index contributed by atoms with van der Waals surface area (Å²) in [5.41, 5.74) is 6.50. The Hall–Kier alpha value is -1.78. The molecule has 2 unspecified atom stereocenters. The fraction of sp³-hybridized carbons (Fsp3) is 0.500. The van der Waals surface area contributed by atoms with Gasteiger partial charge in [0.1, 0.15) is 5.82 Å². The first kappa shape index (κ1) is 13.6. The van der Waals surface area contributed by atoms with Crippen LogP contribution in [0.3, 0.4) is 0 Å². The molecular formula is C14H20FN3O. The number of nitrogens with zero attached hydrogens (tertiary/aromatic N) is 2. The summed E-state index contributed by atoms with van der Waals surface area (Å²) in [4.78, 5) is 2.14. The van der Waals surface area contributed by atoms with E-state index in [4.69, 9.17) is 10.9 Å². The van der Waals surface area contributed by atoms with Crippen LogP contribution in [-0.4, -0.2) is 23.6 Å². The molecule has 1 aliphatic heterocycles. The van der Waals surface area contributed by atoms with Gasteiger partial charge in [-0.1, -0.05) is 18.1 Å². The Morgan fingerprint density at radius 2 is 2.21 bits per heavy atom. The van der Waals surface area contributed by atoms with E-state index >= 15 is 0 Å². The summed E-state index contributed by atoms with van der Waals surface area (Å²) in [5, 5.41) is 11.8. The van der Waals surface area contributed by atoms with Crippen LogP contribution in [0, 0.1) is 11.7 Å². The maximum Gasteiger partial charge on any atom is 0.175 e. The van der Waals surface area contributed by atoms with Crippen LogP contribution in [0.4, 0.5) is 10.1 Å². The SMILES string of the molecule is CC1CCN(c2cccc(F)c2C(N)=NO)C(C)C1. The molecule has 1 saturated heterocycles. The largest absolute Gasteiger partial charge is 0.409 e. The number of piperidine rings is 1. The van der Waals surface area contributed by atoms with Gasteiger partial charge in [0.25, 0.3) is 0 Å². The van der Waals surface area contributed by atoms with Crippen molar-refractivity contribution >= 4 is 11.5 Å². The number of anilines is 1. The summed E-state index contributed by atoms with van der Waals surface area (Å²) in [5.74, 6) is 0.0321. The first-order valence-corrected chi connectivity index (χ1v) is 6.57. The molecule has 1 aliphatic rings. The van der Waals surface area contributed by atoms with E-state index in [0.717, 1.165) is 19.4 Å². The number of halogens is 1. The van der Waals surface area contributed by atoms with Crippen LogP contribution in [0.1, 0.15) is 32.3 Å². The molecule has 4 nitrogen and oxygen atoms in total. The topological polar surface area (TPSA) is 61.8 Å². The van der Waals surface area contributed by atoms with E-state index in [1.165, 1.54) is 6.07 Å². The highest BCUT2D eigenvalue weighted by Gasteiger charge is 2.26. The van der Waals surface area contributed by atoms with Crippen molar-refractivity contribution < 1.29 is 9.60 Å². The van der Waals surface area contributed by atoms with E-state index in [-0.39, 0.29) is 11.4 Å². The van der Waals surface area contributed by atoms with Gasteiger partial charge < -0.3 is 15.8 Å². The molecular weight excluding hydrogens is 245 g/mol. The number of hydrogen-bond acceptors (Lipinski definition) is 3. The molecule has 0 spiro atoms. The second-order valence-electron chi connectivity index (χ2n) is 5.29. The second kappa shape index (κ2) is 5.47. The smallest absolute Gasteiger partial charge is 0.175 e. The lowest BCUT2D eigenvalue weighted by atomic mass is 9.92. The zero-order chi connectivity index (χ0) is 14.0. The number of amidine groups is 1. The highest BCUT2D eigenvalue weighted by Crippen LogP contribution is 2.31. The second-order valence-corrected chi connectivity index (χ2v) is 5.29. The lowest BCUT2D eigenvalue weighted by molar-refractivity contribution is 0.318. The van der Waals surface area contributed by atoms with Gasteiger partial charge in [-0.15, -0.1) is 0 Å². The Balaban J connectivity index is 2.42. The van der Waals surface area contributed by atoms with Crippen LogP contribution >= 0.6 is 0 Å². The monoisotopic (exact) mass is 265 g/mol. The molecule has 2 rings (SSSR count). The average molecular weight is 265 g/mol. The van der Waals surface area contributed by atoms with Gasteiger partial charge in [-0.25, -0.2) is 4.39 Å². The fourth-order valence-corrected chi connectivity index (χ4v) is 2.82. The molecule has 19 heavy (non-hydrogen) atoms. The van der Waals surface area contributed by atoms with E-state index in [2.05, 4.69) is 23.9 Å². The molecule has 1 fully saturated rings. The predicted octanol–water partition coefficient (Wildman–Crippen LogP) is 2.55. The lowest BCUT2D eigenvalue weighted by Gasteiger charge is -2.39. The van der Waals surface area contributed by atoms with Crippen LogP contribution in [0.25, 0.3) is 0 Å². The van der Waals surface area contributed by atoms with Gasteiger partial charge >= 0.3 is 0 Å². The molecule has 0 bridgehead atoms. The number of oxime groups is 1. The Morgan fingerprint density at radius 1 is 1.47 bits per heavy atom. The van der Waals surface area contributed by atoms with Crippen LogP contribution in [0.15, 0.2) is 23.4 Å². The number of hydrogen-bond donors (Lipinski definition) is 2. The third-order valence-electron chi connectivity index (χ3n) is 3.80. The minimum absolute atomic E-state index is 0.182. The van der Waals surface area contributed by atoms with Crippen molar-refractivity contribution in [2.24, 2.45) is 16.8 Å². The van der Waals surface area contributed by atoms with Gasteiger partial charge in [-0.3, -0.25) is 0 Å². The standard InChI is InChI=1S/C14H20FN3O/c1-9-6-7-18(10(2)8-9)12-5-3-4-11(15)13(12)14(16)17-19/h3-5,9-10,19H,6-8H2,1-2H3,(H2,16,17). The Kier molecular flexibility index (Phi) is 3.93. The number of benzene rings is 1. The Morgan fingerprint density at radius 3 is 2.84 bits per heavy atom. The maximum absolute atomic E-state index is 13.9. The van der Waals surface area contributed by atoms with Crippen LogP contribution < -0.4 is 10.6 Å². The lowest BCUT2D eigenvalue weighted by Crippen LogP contribution is -2.41. The molecule has 1 heterocycles. The van der Waals surface area contributed by atoms with E-state index in [1.54, 1.807) is 6.07 Å². The van der Waals surface area contributed by atoms with Crippen molar-refractivity contribution in [1.29, 1.82) is 0 Å². The van der Waals surface area contributed by atoms with Gasteiger partial charge in [-0.05, 0) is 37.8 Å². The molecule has 1 aromatic rings. The van der Waals surface area contributed by atoms with E-state index < -0.39 is 5.82 Å².